The Kier molecular flexibility index (Phi) is 6.24. The lowest BCUT2D eigenvalue weighted by Crippen LogP contribution is -2.43. The molecular formula is C17H30N4S. The van der Waals surface area contributed by atoms with E-state index in [-0.39, 0.29) is 0 Å². The normalized spacial score (nSPS) is 18.0. The Morgan fingerprint density at radius 2 is 2.09 bits per heavy atom. The second-order valence-corrected chi connectivity index (χ2v) is 7.88. The molecule has 0 unspecified atom stereocenters. The fourth-order valence-corrected chi connectivity index (χ4v) is 4.31. The molecule has 0 radical (unpaired) electrons. The molecule has 1 aromatic heterocycles. The molecule has 0 spiro atoms. The molecule has 1 saturated carbocycles. The minimum absolute atomic E-state index is 0.464. The van der Waals surface area contributed by atoms with Gasteiger partial charge in [0.2, 0.25) is 0 Å². The van der Waals surface area contributed by atoms with Gasteiger partial charge in [0.15, 0.2) is 5.96 Å². The summed E-state index contributed by atoms with van der Waals surface area (Å²) in [6.45, 7) is 8.55. The Hall–Kier alpha value is -1.10. The topological polar surface area (TPSA) is 49.3 Å². The Morgan fingerprint density at radius 1 is 1.36 bits per heavy atom. The third-order valence-electron chi connectivity index (χ3n) is 4.62. The number of aliphatic imine (C=N–C) groups is 1. The average Bonchev–Trinajstić information content (AvgIpc) is 3.08. The Labute approximate surface area is 138 Å². The van der Waals surface area contributed by atoms with Crippen molar-refractivity contribution in [2.45, 2.75) is 59.4 Å². The lowest BCUT2D eigenvalue weighted by molar-refractivity contribution is 0.235. The van der Waals surface area contributed by atoms with E-state index in [0.29, 0.717) is 5.41 Å². The lowest BCUT2D eigenvalue weighted by Gasteiger charge is -2.31. The van der Waals surface area contributed by atoms with Gasteiger partial charge in [-0.2, -0.15) is 0 Å². The highest BCUT2D eigenvalue weighted by Crippen LogP contribution is 2.42. The molecule has 1 aliphatic rings. The van der Waals surface area contributed by atoms with Crippen LogP contribution in [0.25, 0.3) is 0 Å². The van der Waals surface area contributed by atoms with E-state index in [1.54, 1.807) is 11.3 Å². The van der Waals surface area contributed by atoms with Crippen molar-refractivity contribution in [1.82, 2.24) is 15.6 Å². The Bertz CT molecular complexity index is 487. The predicted molar refractivity (Wildman–Crippen MR) is 95.4 cm³/mol. The molecule has 0 bridgehead atoms. The Balaban J connectivity index is 1.86. The maximum Gasteiger partial charge on any atom is 0.191 e. The second kappa shape index (κ2) is 7.95. The van der Waals surface area contributed by atoms with Crippen molar-refractivity contribution in [3.05, 3.63) is 16.1 Å². The number of nitrogens with one attached hydrogen (secondary N) is 2. The molecule has 2 rings (SSSR count). The van der Waals surface area contributed by atoms with E-state index in [4.69, 9.17) is 0 Å². The summed E-state index contributed by atoms with van der Waals surface area (Å²) < 4.78 is 0. The highest BCUT2D eigenvalue weighted by Gasteiger charge is 2.34. The van der Waals surface area contributed by atoms with Crippen molar-refractivity contribution in [3.8, 4) is 0 Å². The highest BCUT2D eigenvalue weighted by atomic mass is 32.1. The van der Waals surface area contributed by atoms with E-state index in [9.17, 15) is 0 Å². The van der Waals surface area contributed by atoms with Gasteiger partial charge in [-0.25, -0.2) is 4.98 Å². The maximum atomic E-state index is 4.37. The number of hydrogen-bond donors (Lipinski definition) is 2. The molecule has 124 valence electrons. The number of guanidine groups is 1. The quantitative estimate of drug-likeness (QED) is 0.620. The minimum Gasteiger partial charge on any atom is -0.356 e. The predicted octanol–water partition coefficient (Wildman–Crippen LogP) is 3.72. The number of rotatable bonds is 6. The molecule has 1 aromatic rings. The number of hydrogen-bond acceptors (Lipinski definition) is 3. The molecule has 0 atom stereocenters. The number of aryl methyl sites for hydroxylation is 1. The zero-order valence-electron chi connectivity index (χ0n) is 14.4. The van der Waals surface area contributed by atoms with Crippen molar-refractivity contribution in [1.29, 1.82) is 0 Å². The summed E-state index contributed by atoms with van der Waals surface area (Å²) in [5.74, 6) is 1.66. The Morgan fingerprint density at radius 3 is 2.64 bits per heavy atom. The van der Waals surface area contributed by atoms with Gasteiger partial charge in [-0.05, 0) is 37.5 Å². The molecule has 1 fully saturated rings. The van der Waals surface area contributed by atoms with E-state index in [0.717, 1.165) is 30.7 Å². The summed E-state index contributed by atoms with van der Waals surface area (Å²) in [6.07, 6.45) is 6.76. The highest BCUT2D eigenvalue weighted by molar-refractivity contribution is 7.09. The van der Waals surface area contributed by atoms with Crippen molar-refractivity contribution < 1.29 is 0 Å². The van der Waals surface area contributed by atoms with Gasteiger partial charge in [-0.1, -0.05) is 26.7 Å². The molecule has 0 aromatic carbocycles. The molecule has 0 amide bonds. The van der Waals surface area contributed by atoms with E-state index in [1.165, 1.54) is 37.0 Å². The first kappa shape index (κ1) is 17.3. The van der Waals surface area contributed by atoms with Crippen molar-refractivity contribution in [2.75, 3.05) is 13.6 Å². The zero-order chi connectivity index (χ0) is 16.0. The van der Waals surface area contributed by atoms with Crippen molar-refractivity contribution >= 4 is 17.3 Å². The van der Waals surface area contributed by atoms with Gasteiger partial charge in [-0.3, -0.25) is 4.99 Å². The number of thiazole rings is 1. The molecule has 0 saturated heterocycles. The second-order valence-electron chi connectivity index (χ2n) is 6.95. The molecule has 1 heterocycles. The van der Waals surface area contributed by atoms with Gasteiger partial charge in [0, 0.05) is 18.5 Å². The third-order valence-corrected chi connectivity index (χ3v) is 5.56. The summed E-state index contributed by atoms with van der Waals surface area (Å²) in [7, 11) is 1.85. The SMILES string of the molecule is CN=C(NCc1scnc1C)NCC1(CC(C)C)CCCC1. The molecule has 22 heavy (non-hydrogen) atoms. The third kappa shape index (κ3) is 4.70. The monoisotopic (exact) mass is 322 g/mol. The molecule has 2 N–H and O–H groups in total. The van der Waals surface area contributed by atoms with Crippen molar-refractivity contribution in [3.63, 3.8) is 0 Å². The first-order valence-electron chi connectivity index (χ1n) is 8.38. The number of aromatic nitrogens is 1. The maximum absolute atomic E-state index is 4.37. The molecule has 4 nitrogen and oxygen atoms in total. The van der Waals surface area contributed by atoms with Crippen LogP contribution in [0.2, 0.25) is 0 Å². The van der Waals surface area contributed by atoms with Crippen LogP contribution in [-0.4, -0.2) is 24.5 Å². The van der Waals surface area contributed by atoms with Crippen LogP contribution in [-0.2, 0) is 6.54 Å². The van der Waals surface area contributed by atoms with Crippen LogP contribution in [0.5, 0.6) is 0 Å². The first-order chi connectivity index (χ1) is 10.5. The van der Waals surface area contributed by atoms with Gasteiger partial charge in [-0.15, -0.1) is 11.3 Å². The van der Waals surface area contributed by atoms with E-state index < -0.39 is 0 Å². The van der Waals surface area contributed by atoms with Crippen LogP contribution in [0.1, 0.15) is 56.5 Å². The van der Waals surface area contributed by atoms with Crippen LogP contribution in [0.4, 0.5) is 0 Å². The van der Waals surface area contributed by atoms with E-state index in [1.807, 2.05) is 12.6 Å². The summed E-state index contributed by atoms with van der Waals surface area (Å²) in [5.41, 5.74) is 3.48. The summed E-state index contributed by atoms with van der Waals surface area (Å²) in [5, 5.41) is 6.98. The van der Waals surface area contributed by atoms with Crippen LogP contribution in [0.3, 0.4) is 0 Å². The summed E-state index contributed by atoms with van der Waals surface area (Å²) in [4.78, 5) is 9.94. The van der Waals surface area contributed by atoms with Gasteiger partial charge in [0.1, 0.15) is 0 Å². The van der Waals surface area contributed by atoms with E-state index in [2.05, 4.69) is 41.4 Å². The largest absolute Gasteiger partial charge is 0.356 e. The molecule has 5 heteroatoms. The van der Waals surface area contributed by atoms with Crippen LogP contribution >= 0.6 is 11.3 Å². The zero-order valence-corrected chi connectivity index (χ0v) is 15.2. The number of nitrogens with zero attached hydrogens (tertiary/aromatic N) is 2. The van der Waals surface area contributed by atoms with Gasteiger partial charge in [0.05, 0.1) is 17.7 Å². The van der Waals surface area contributed by atoms with Crippen molar-refractivity contribution in [2.24, 2.45) is 16.3 Å². The average molecular weight is 323 g/mol. The first-order valence-corrected chi connectivity index (χ1v) is 9.26. The van der Waals surface area contributed by atoms with Gasteiger partial charge < -0.3 is 10.6 Å². The standard InChI is InChI=1S/C17H30N4S/c1-13(2)9-17(7-5-6-8-17)11-20-16(18-4)19-10-15-14(3)21-12-22-15/h12-13H,5-11H2,1-4H3,(H2,18,19,20). The van der Waals surface area contributed by atoms with Crippen LogP contribution < -0.4 is 10.6 Å². The van der Waals surface area contributed by atoms with Crippen LogP contribution in [0, 0.1) is 18.3 Å². The van der Waals surface area contributed by atoms with Crippen LogP contribution in [0.15, 0.2) is 10.5 Å². The smallest absolute Gasteiger partial charge is 0.191 e. The summed E-state index contributed by atoms with van der Waals surface area (Å²) >= 11 is 1.70. The molecule has 0 aliphatic heterocycles. The molecular weight excluding hydrogens is 292 g/mol. The fourth-order valence-electron chi connectivity index (χ4n) is 3.60. The van der Waals surface area contributed by atoms with Gasteiger partial charge >= 0.3 is 0 Å². The molecule has 1 aliphatic carbocycles. The van der Waals surface area contributed by atoms with E-state index >= 15 is 0 Å². The summed E-state index contributed by atoms with van der Waals surface area (Å²) in [6, 6.07) is 0. The fraction of sp³-hybridized carbons (Fsp3) is 0.765. The minimum atomic E-state index is 0.464. The lowest BCUT2D eigenvalue weighted by atomic mass is 9.78. The van der Waals surface area contributed by atoms with Gasteiger partial charge in [0.25, 0.3) is 0 Å².